The zero-order valence-electron chi connectivity index (χ0n) is 18.0. The number of carbonyl (C=O) groups excluding carboxylic acids is 1. The van der Waals surface area contributed by atoms with Crippen molar-refractivity contribution in [2.45, 2.75) is 44.4 Å². The largest absolute Gasteiger partial charge is 0.426 e. The Labute approximate surface area is 188 Å². The third-order valence-corrected chi connectivity index (χ3v) is 5.42. The summed E-state index contributed by atoms with van der Waals surface area (Å²) in [5, 5.41) is 16.2. The Kier molecular flexibility index (Phi) is 6.25. The van der Waals surface area contributed by atoms with Crippen LogP contribution in [0.5, 0.6) is 0 Å². The molecule has 0 bridgehead atoms. The van der Waals surface area contributed by atoms with Gasteiger partial charge in [0.05, 0.1) is 11.1 Å². The van der Waals surface area contributed by atoms with Gasteiger partial charge in [0.1, 0.15) is 5.82 Å². The van der Waals surface area contributed by atoms with Crippen LogP contribution in [0, 0.1) is 24.4 Å². The van der Waals surface area contributed by atoms with Crippen LogP contribution in [0.3, 0.4) is 0 Å². The first-order valence-corrected chi connectivity index (χ1v) is 9.73. The fourth-order valence-electron chi connectivity index (χ4n) is 3.63. The molecule has 0 radical (unpaired) electrons. The molecule has 3 aromatic rings. The Bertz CT molecular complexity index is 1340. The Morgan fingerprint density at radius 2 is 1.74 bits per heavy atom. The van der Waals surface area contributed by atoms with Crippen molar-refractivity contribution in [3.8, 4) is 0 Å². The van der Waals surface area contributed by atoms with Crippen LogP contribution in [-0.4, -0.2) is 27.9 Å². The third-order valence-electron chi connectivity index (χ3n) is 5.42. The summed E-state index contributed by atoms with van der Waals surface area (Å²) in [6, 6.07) is 4.18. The second-order valence-electron chi connectivity index (χ2n) is 8.44. The molecule has 0 aliphatic heterocycles. The summed E-state index contributed by atoms with van der Waals surface area (Å²) in [7, 11) is 0. The van der Waals surface area contributed by atoms with E-state index in [0.29, 0.717) is 6.07 Å². The number of aromatic nitrogens is 1. The molecule has 0 aliphatic rings. The highest BCUT2D eigenvalue weighted by Crippen LogP contribution is 2.43. The molecule has 182 valence electrons. The van der Waals surface area contributed by atoms with Gasteiger partial charge in [-0.15, -0.1) is 0 Å². The summed E-state index contributed by atoms with van der Waals surface area (Å²) >= 11 is 0. The van der Waals surface area contributed by atoms with E-state index < -0.39 is 58.2 Å². The summed E-state index contributed by atoms with van der Waals surface area (Å²) in [6.07, 6.45) is -7.01. The topological polar surface area (TPSA) is 92.4 Å². The number of hydrogen-bond donors (Lipinski definition) is 2. The summed E-state index contributed by atoms with van der Waals surface area (Å²) in [5.74, 6) is -6.40. The van der Waals surface area contributed by atoms with Gasteiger partial charge in [0.15, 0.2) is 11.6 Å². The molecule has 34 heavy (non-hydrogen) atoms. The van der Waals surface area contributed by atoms with Crippen molar-refractivity contribution in [2.24, 2.45) is 0 Å². The van der Waals surface area contributed by atoms with E-state index in [1.807, 2.05) is 5.32 Å². The molecule has 3 rings (SSSR count). The molecule has 0 saturated carbocycles. The number of nitrogens with one attached hydrogen (secondary N) is 1. The number of aliphatic hydroxyl groups is 1. The molecule has 1 unspecified atom stereocenters. The summed E-state index contributed by atoms with van der Waals surface area (Å²) in [5.41, 5.74) is -7.73. The van der Waals surface area contributed by atoms with Gasteiger partial charge >= 0.3 is 11.8 Å². The van der Waals surface area contributed by atoms with Crippen LogP contribution < -0.4 is 10.9 Å². The maximum absolute atomic E-state index is 14.3. The number of anilines is 1. The normalized spacial score (nSPS) is 14.2. The molecule has 0 aliphatic carbocycles. The lowest BCUT2D eigenvalue weighted by atomic mass is 9.74. The second-order valence-corrected chi connectivity index (χ2v) is 8.44. The van der Waals surface area contributed by atoms with E-state index in [2.05, 4.69) is 9.68 Å². The SMILES string of the molecule is Cc1noc(=O)c2ccc(NC(=O)C(O)(CC(C)(C)c3cc(F)cc(F)c3F)C(F)(F)F)cc12. The average molecular weight is 488 g/mol. The Balaban J connectivity index is 2.01. The maximum Gasteiger partial charge on any atom is 0.426 e. The van der Waals surface area contributed by atoms with Crippen LogP contribution >= 0.6 is 0 Å². The van der Waals surface area contributed by atoms with E-state index >= 15 is 0 Å². The Morgan fingerprint density at radius 1 is 1.09 bits per heavy atom. The van der Waals surface area contributed by atoms with Gasteiger partial charge in [0, 0.05) is 23.6 Å². The van der Waals surface area contributed by atoms with Gasteiger partial charge in [0.25, 0.3) is 5.91 Å². The second kappa shape index (κ2) is 8.42. The number of hydrogen-bond acceptors (Lipinski definition) is 5. The average Bonchev–Trinajstić information content (AvgIpc) is 2.72. The van der Waals surface area contributed by atoms with Crippen LogP contribution in [-0.2, 0) is 10.2 Å². The number of amides is 1. The highest BCUT2D eigenvalue weighted by molar-refractivity contribution is 5.99. The number of alkyl halides is 3. The number of benzene rings is 2. The van der Waals surface area contributed by atoms with Crippen molar-refractivity contribution in [3.63, 3.8) is 0 Å². The number of rotatable bonds is 5. The van der Waals surface area contributed by atoms with E-state index in [-0.39, 0.29) is 28.2 Å². The summed E-state index contributed by atoms with van der Waals surface area (Å²) < 4.78 is 87.9. The molecular formula is C22H18F6N2O4. The van der Waals surface area contributed by atoms with Crippen molar-refractivity contribution < 1.29 is 40.8 Å². The maximum atomic E-state index is 14.3. The Hall–Kier alpha value is -3.41. The van der Waals surface area contributed by atoms with Crippen LogP contribution in [0.15, 0.2) is 39.6 Å². The van der Waals surface area contributed by atoms with E-state index in [0.717, 1.165) is 26.0 Å². The first-order chi connectivity index (χ1) is 15.6. The van der Waals surface area contributed by atoms with Gasteiger partial charge in [-0.3, -0.25) is 4.79 Å². The molecular weight excluding hydrogens is 470 g/mol. The number of aryl methyl sites for hydroxylation is 1. The van der Waals surface area contributed by atoms with Crippen molar-refractivity contribution in [1.29, 1.82) is 0 Å². The zero-order chi connectivity index (χ0) is 25.6. The molecule has 1 heterocycles. The van der Waals surface area contributed by atoms with Gasteiger partial charge in [-0.1, -0.05) is 19.0 Å². The van der Waals surface area contributed by atoms with Crippen molar-refractivity contribution in [1.82, 2.24) is 5.16 Å². The predicted molar refractivity (Wildman–Crippen MR) is 109 cm³/mol. The molecule has 2 aromatic carbocycles. The Morgan fingerprint density at radius 3 is 2.35 bits per heavy atom. The lowest BCUT2D eigenvalue weighted by Gasteiger charge is -2.36. The molecule has 2 N–H and O–H groups in total. The first-order valence-electron chi connectivity index (χ1n) is 9.73. The lowest BCUT2D eigenvalue weighted by molar-refractivity contribution is -0.254. The van der Waals surface area contributed by atoms with Crippen LogP contribution in [0.2, 0.25) is 0 Å². The minimum atomic E-state index is -5.55. The smallest absolute Gasteiger partial charge is 0.373 e. The van der Waals surface area contributed by atoms with Crippen molar-refractivity contribution in [2.75, 3.05) is 5.32 Å². The van der Waals surface area contributed by atoms with Crippen LogP contribution in [0.25, 0.3) is 10.8 Å². The third kappa shape index (κ3) is 4.49. The number of halogens is 6. The monoisotopic (exact) mass is 488 g/mol. The van der Waals surface area contributed by atoms with E-state index in [9.17, 15) is 41.0 Å². The highest BCUT2D eigenvalue weighted by atomic mass is 19.4. The quantitative estimate of drug-likeness (QED) is 0.407. The molecule has 12 heteroatoms. The molecule has 1 amide bonds. The fourth-order valence-corrected chi connectivity index (χ4v) is 3.63. The minimum Gasteiger partial charge on any atom is -0.373 e. The molecule has 1 aromatic heterocycles. The number of nitrogens with zero attached hydrogens (tertiary/aromatic N) is 1. The van der Waals surface area contributed by atoms with E-state index in [1.54, 1.807) is 0 Å². The van der Waals surface area contributed by atoms with Gasteiger partial charge < -0.3 is 14.9 Å². The number of fused-ring (bicyclic) bond motifs is 1. The predicted octanol–water partition coefficient (Wildman–Crippen LogP) is 4.51. The van der Waals surface area contributed by atoms with Crippen molar-refractivity contribution in [3.05, 3.63) is 69.5 Å². The van der Waals surface area contributed by atoms with Crippen LogP contribution in [0.1, 0.15) is 31.5 Å². The van der Waals surface area contributed by atoms with Gasteiger partial charge in [-0.25, -0.2) is 18.0 Å². The molecule has 0 saturated heterocycles. The van der Waals surface area contributed by atoms with Gasteiger partial charge in [-0.2, -0.15) is 13.2 Å². The molecule has 0 spiro atoms. The van der Waals surface area contributed by atoms with Crippen molar-refractivity contribution >= 4 is 22.4 Å². The van der Waals surface area contributed by atoms with E-state index in [1.165, 1.54) is 13.0 Å². The summed E-state index contributed by atoms with van der Waals surface area (Å²) in [6.45, 7) is 3.45. The standard InChI is InChI=1S/C22H18F6N2O4/c1-10-14-8-12(4-5-13(14)18(31)34-30-10)29-19(32)21(33,22(26,27)28)9-20(2,3)15-6-11(23)7-16(24)17(15)25/h4-8,33H,9H2,1-3H3,(H,29,32). The molecule has 0 fully saturated rings. The molecule has 6 nitrogen and oxygen atoms in total. The molecule has 1 atom stereocenters. The first kappa shape index (κ1) is 25.2. The fraction of sp³-hybridized carbons (Fsp3) is 0.318. The zero-order valence-corrected chi connectivity index (χ0v) is 18.0. The van der Waals surface area contributed by atoms with Crippen LogP contribution in [0.4, 0.5) is 32.0 Å². The number of carbonyl (C=O) groups is 1. The van der Waals surface area contributed by atoms with Gasteiger partial charge in [-0.05, 0) is 42.2 Å². The highest BCUT2D eigenvalue weighted by Gasteiger charge is 2.61. The minimum absolute atomic E-state index is 0.0568. The van der Waals surface area contributed by atoms with E-state index in [4.69, 9.17) is 0 Å². The summed E-state index contributed by atoms with van der Waals surface area (Å²) in [4.78, 5) is 24.4. The van der Waals surface area contributed by atoms with Gasteiger partial charge in [0.2, 0.25) is 5.60 Å². The lowest BCUT2D eigenvalue weighted by Crippen LogP contribution is -2.57.